The van der Waals surface area contributed by atoms with Gasteiger partial charge in [-0.1, -0.05) is 19.8 Å². The van der Waals surface area contributed by atoms with Gasteiger partial charge in [-0.05, 0) is 31.7 Å². The molecular formula is C10H20ClN. The van der Waals surface area contributed by atoms with Crippen molar-refractivity contribution in [2.45, 2.75) is 45.1 Å². The van der Waals surface area contributed by atoms with Crippen LogP contribution in [0.5, 0.6) is 0 Å². The highest BCUT2D eigenvalue weighted by atomic mass is 35.5. The van der Waals surface area contributed by atoms with E-state index >= 15 is 0 Å². The van der Waals surface area contributed by atoms with E-state index in [1.165, 1.54) is 25.7 Å². The van der Waals surface area contributed by atoms with E-state index in [9.17, 15) is 0 Å². The Balaban J connectivity index is 1.99. The summed E-state index contributed by atoms with van der Waals surface area (Å²) in [5.41, 5.74) is 0. The van der Waals surface area contributed by atoms with Crippen LogP contribution in [-0.4, -0.2) is 18.5 Å². The summed E-state index contributed by atoms with van der Waals surface area (Å²) >= 11 is 5.66. The molecule has 1 nitrogen and oxygen atoms in total. The van der Waals surface area contributed by atoms with E-state index < -0.39 is 0 Å². The van der Waals surface area contributed by atoms with Crippen molar-refractivity contribution in [2.24, 2.45) is 5.92 Å². The van der Waals surface area contributed by atoms with E-state index in [1.54, 1.807) is 0 Å². The Kier molecular flexibility index (Phi) is 5.01. The zero-order valence-electron chi connectivity index (χ0n) is 7.98. The lowest BCUT2D eigenvalue weighted by atomic mass is 10.1. The molecule has 0 aliphatic heterocycles. The summed E-state index contributed by atoms with van der Waals surface area (Å²) in [6.45, 7) is 3.42. The third-order valence-corrected chi connectivity index (χ3v) is 2.93. The molecule has 1 aliphatic carbocycles. The van der Waals surface area contributed by atoms with Gasteiger partial charge in [-0.2, -0.15) is 0 Å². The van der Waals surface area contributed by atoms with Crippen LogP contribution >= 0.6 is 11.6 Å². The molecule has 2 heteroatoms. The van der Waals surface area contributed by atoms with Crippen LogP contribution in [0.2, 0.25) is 0 Å². The fraction of sp³-hybridized carbons (Fsp3) is 1.00. The van der Waals surface area contributed by atoms with E-state index in [-0.39, 0.29) is 0 Å². The first-order valence-electron chi connectivity index (χ1n) is 5.12. The highest BCUT2D eigenvalue weighted by Crippen LogP contribution is 2.17. The molecule has 1 saturated carbocycles. The topological polar surface area (TPSA) is 12.0 Å². The first kappa shape index (κ1) is 10.3. The number of halogens is 1. The Morgan fingerprint density at radius 2 is 2.08 bits per heavy atom. The molecule has 0 amide bonds. The fourth-order valence-corrected chi connectivity index (χ4v) is 2.16. The summed E-state index contributed by atoms with van der Waals surface area (Å²) in [5.74, 6) is 1.54. The molecule has 0 aromatic heterocycles. The summed E-state index contributed by atoms with van der Waals surface area (Å²) in [6.07, 6.45) is 6.74. The Labute approximate surface area is 80.9 Å². The Morgan fingerprint density at radius 1 is 1.42 bits per heavy atom. The molecule has 1 N–H and O–H groups in total. The van der Waals surface area contributed by atoms with Crippen LogP contribution in [-0.2, 0) is 0 Å². The first-order chi connectivity index (χ1) is 5.83. The van der Waals surface area contributed by atoms with Gasteiger partial charge in [0.2, 0.25) is 0 Å². The van der Waals surface area contributed by atoms with Gasteiger partial charge in [0.15, 0.2) is 0 Å². The number of hydrogen-bond acceptors (Lipinski definition) is 1. The Morgan fingerprint density at radius 3 is 2.67 bits per heavy atom. The first-order valence-corrected chi connectivity index (χ1v) is 5.65. The van der Waals surface area contributed by atoms with Gasteiger partial charge in [0.1, 0.15) is 0 Å². The highest BCUT2D eigenvalue weighted by molar-refractivity contribution is 6.17. The molecule has 0 saturated heterocycles. The summed E-state index contributed by atoms with van der Waals surface area (Å²) < 4.78 is 0. The smallest absolute Gasteiger partial charge is 0.0226 e. The molecule has 0 bridgehead atoms. The van der Waals surface area contributed by atoms with Crippen molar-refractivity contribution in [3.8, 4) is 0 Å². The average molecular weight is 190 g/mol. The van der Waals surface area contributed by atoms with Crippen LogP contribution in [0.4, 0.5) is 0 Å². The lowest BCUT2D eigenvalue weighted by Crippen LogP contribution is -2.30. The van der Waals surface area contributed by atoms with Crippen molar-refractivity contribution in [2.75, 3.05) is 12.4 Å². The van der Waals surface area contributed by atoms with Crippen LogP contribution in [0.15, 0.2) is 0 Å². The summed E-state index contributed by atoms with van der Waals surface area (Å²) in [4.78, 5) is 0. The summed E-state index contributed by atoms with van der Waals surface area (Å²) in [7, 11) is 0. The minimum Gasteiger partial charge on any atom is -0.314 e. The van der Waals surface area contributed by atoms with Crippen LogP contribution in [0.1, 0.15) is 39.0 Å². The molecule has 0 aromatic carbocycles. The number of hydrogen-bond donors (Lipinski definition) is 1. The predicted octanol–water partition coefficient (Wildman–Crippen LogP) is 2.78. The van der Waals surface area contributed by atoms with Gasteiger partial charge >= 0.3 is 0 Å². The van der Waals surface area contributed by atoms with E-state index in [0.29, 0.717) is 0 Å². The molecule has 1 atom stereocenters. The van der Waals surface area contributed by atoms with Crippen LogP contribution < -0.4 is 5.32 Å². The zero-order chi connectivity index (χ0) is 8.81. The van der Waals surface area contributed by atoms with Crippen molar-refractivity contribution < 1.29 is 0 Å². The Bertz CT molecular complexity index is 110. The van der Waals surface area contributed by atoms with E-state index in [4.69, 9.17) is 11.6 Å². The molecule has 72 valence electrons. The molecule has 1 fully saturated rings. The van der Waals surface area contributed by atoms with Gasteiger partial charge in [0.25, 0.3) is 0 Å². The van der Waals surface area contributed by atoms with Crippen molar-refractivity contribution in [3.05, 3.63) is 0 Å². The van der Waals surface area contributed by atoms with E-state index in [0.717, 1.165) is 30.8 Å². The van der Waals surface area contributed by atoms with Crippen molar-refractivity contribution >= 4 is 11.6 Å². The Hall–Kier alpha value is 0.250. The number of rotatable bonds is 5. The van der Waals surface area contributed by atoms with Gasteiger partial charge in [0, 0.05) is 11.9 Å². The summed E-state index contributed by atoms with van der Waals surface area (Å²) in [6, 6.07) is 0.808. The quantitative estimate of drug-likeness (QED) is 0.656. The van der Waals surface area contributed by atoms with E-state index in [2.05, 4.69) is 12.2 Å². The summed E-state index contributed by atoms with van der Waals surface area (Å²) in [5, 5.41) is 3.61. The minimum atomic E-state index is 0.739. The molecule has 1 rings (SSSR count). The highest BCUT2D eigenvalue weighted by Gasteiger charge is 2.14. The van der Waals surface area contributed by atoms with E-state index in [1.807, 2.05) is 0 Å². The molecular weight excluding hydrogens is 170 g/mol. The maximum absolute atomic E-state index is 5.66. The maximum Gasteiger partial charge on any atom is 0.0226 e. The average Bonchev–Trinajstić information content (AvgIpc) is 2.53. The van der Waals surface area contributed by atoms with Gasteiger partial charge in [-0.3, -0.25) is 0 Å². The van der Waals surface area contributed by atoms with Gasteiger partial charge in [0.05, 0.1) is 0 Å². The van der Waals surface area contributed by atoms with Crippen LogP contribution in [0, 0.1) is 5.92 Å². The van der Waals surface area contributed by atoms with Gasteiger partial charge in [-0.15, -0.1) is 11.6 Å². The second-order valence-electron chi connectivity index (χ2n) is 3.97. The molecule has 1 aliphatic rings. The lowest BCUT2D eigenvalue weighted by molar-refractivity contribution is 0.442. The third kappa shape index (κ3) is 3.77. The minimum absolute atomic E-state index is 0.739. The number of nitrogens with one attached hydrogen (secondary N) is 1. The van der Waals surface area contributed by atoms with Gasteiger partial charge in [-0.25, -0.2) is 0 Å². The fourth-order valence-electron chi connectivity index (χ4n) is 1.79. The van der Waals surface area contributed by atoms with Crippen molar-refractivity contribution in [3.63, 3.8) is 0 Å². The maximum atomic E-state index is 5.66. The molecule has 0 aromatic rings. The molecule has 0 spiro atoms. The molecule has 0 heterocycles. The van der Waals surface area contributed by atoms with Gasteiger partial charge < -0.3 is 5.32 Å². The predicted molar refractivity (Wildman–Crippen MR) is 54.8 cm³/mol. The number of alkyl halides is 1. The van der Waals surface area contributed by atoms with Crippen LogP contribution in [0.25, 0.3) is 0 Å². The standard InChI is InChI=1S/C10H20ClN/c1-9(6-7-11)8-12-10-4-2-3-5-10/h9-10,12H,2-8H2,1H3. The SMILES string of the molecule is CC(CCCl)CNC1CCCC1. The zero-order valence-corrected chi connectivity index (χ0v) is 8.74. The lowest BCUT2D eigenvalue weighted by Gasteiger charge is -2.15. The van der Waals surface area contributed by atoms with Crippen molar-refractivity contribution in [1.82, 2.24) is 5.32 Å². The van der Waals surface area contributed by atoms with Crippen molar-refractivity contribution in [1.29, 1.82) is 0 Å². The van der Waals surface area contributed by atoms with Crippen LogP contribution in [0.3, 0.4) is 0 Å². The second kappa shape index (κ2) is 5.82. The third-order valence-electron chi connectivity index (χ3n) is 2.71. The molecule has 12 heavy (non-hydrogen) atoms. The molecule has 0 radical (unpaired) electrons. The molecule has 1 unspecified atom stereocenters. The monoisotopic (exact) mass is 189 g/mol. The largest absolute Gasteiger partial charge is 0.314 e. The normalized spacial score (nSPS) is 21.5. The second-order valence-corrected chi connectivity index (χ2v) is 4.35.